The third-order valence-electron chi connectivity index (χ3n) is 1.79. The van der Waals surface area contributed by atoms with E-state index in [0.29, 0.717) is 12.0 Å². The lowest BCUT2D eigenvalue weighted by Gasteiger charge is -2.19. The van der Waals surface area contributed by atoms with Crippen LogP contribution in [0.3, 0.4) is 0 Å². The molecule has 0 fully saturated rings. The monoisotopic (exact) mass is 144 g/mol. The first-order valence-corrected chi connectivity index (χ1v) is 4.10. The van der Waals surface area contributed by atoms with Gasteiger partial charge in [0.15, 0.2) is 0 Å². The van der Waals surface area contributed by atoms with Crippen molar-refractivity contribution < 1.29 is 0 Å². The minimum absolute atomic E-state index is 0.611. The van der Waals surface area contributed by atoms with Gasteiger partial charge in [-0.25, -0.2) is 0 Å². The number of hydrogen-bond acceptors (Lipinski definition) is 2. The predicted molar refractivity (Wildman–Crippen MR) is 46.2 cm³/mol. The van der Waals surface area contributed by atoms with Crippen LogP contribution in [0.2, 0.25) is 0 Å². The highest BCUT2D eigenvalue weighted by molar-refractivity contribution is 4.70. The Hall–Kier alpha value is -0.0800. The topological polar surface area (TPSA) is 24.1 Å². The minimum Gasteiger partial charge on any atom is -0.315 e. The zero-order chi connectivity index (χ0) is 7.98. The highest BCUT2D eigenvalue weighted by Crippen LogP contribution is 1.98. The van der Waals surface area contributed by atoms with E-state index in [0.717, 1.165) is 13.1 Å². The lowest BCUT2D eigenvalue weighted by Crippen LogP contribution is -2.40. The first-order valence-electron chi connectivity index (χ1n) is 4.10. The molecule has 0 saturated carbocycles. The van der Waals surface area contributed by atoms with Gasteiger partial charge in [0.2, 0.25) is 0 Å². The summed E-state index contributed by atoms with van der Waals surface area (Å²) in [4.78, 5) is 0. The van der Waals surface area contributed by atoms with Gasteiger partial charge in [0.05, 0.1) is 0 Å². The van der Waals surface area contributed by atoms with Crippen LogP contribution >= 0.6 is 0 Å². The summed E-state index contributed by atoms with van der Waals surface area (Å²) in [6, 6.07) is 0.611. The molecular weight excluding hydrogens is 124 g/mol. The fourth-order valence-electron chi connectivity index (χ4n) is 0.971. The average molecular weight is 144 g/mol. The van der Waals surface area contributed by atoms with Gasteiger partial charge in [-0.2, -0.15) is 0 Å². The lowest BCUT2D eigenvalue weighted by atomic mass is 10.1. The van der Waals surface area contributed by atoms with Gasteiger partial charge in [0.1, 0.15) is 0 Å². The summed E-state index contributed by atoms with van der Waals surface area (Å²) < 4.78 is 0. The average Bonchev–Trinajstić information content (AvgIpc) is 1.89. The molecule has 0 heterocycles. The van der Waals surface area contributed by atoms with Crippen molar-refractivity contribution in [1.82, 2.24) is 10.6 Å². The molecule has 0 saturated heterocycles. The van der Waals surface area contributed by atoms with Crippen LogP contribution < -0.4 is 10.6 Å². The van der Waals surface area contributed by atoms with E-state index in [1.807, 2.05) is 7.05 Å². The molecule has 10 heavy (non-hydrogen) atoms. The summed E-state index contributed by atoms with van der Waals surface area (Å²) in [5, 5.41) is 6.59. The SMILES string of the molecule is CCNCC(NC)C(C)C. The Labute approximate surface area is 64.4 Å². The zero-order valence-electron chi connectivity index (χ0n) is 7.57. The van der Waals surface area contributed by atoms with Gasteiger partial charge in [-0.1, -0.05) is 20.8 Å². The van der Waals surface area contributed by atoms with Crippen molar-refractivity contribution in [3.63, 3.8) is 0 Å². The molecule has 0 aromatic rings. The Bertz CT molecular complexity index is 71.7. The highest BCUT2D eigenvalue weighted by atomic mass is 15.0. The van der Waals surface area contributed by atoms with Gasteiger partial charge >= 0.3 is 0 Å². The normalized spacial score (nSPS) is 14.1. The van der Waals surface area contributed by atoms with Crippen LogP contribution in [0.1, 0.15) is 20.8 Å². The van der Waals surface area contributed by atoms with E-state index in [9.17, 15) is 0 Å². The summed E-state index contributed by atoms with van der Waals surface area (Å²) in [7, 11) is 2.02. The fraction of sp³-hybridized carbons (Fsp3) is 1.00. The van der Waals surface area contributed by atoms with Crippen molar-refractivity contribution in [3.05, 3.63) is 0 Å². The van der Waals surface area contributed by atoms with E-state index in [1.165, 1.54) is 0 Å². The first kappa shape index (κ1) is 9.92. The highest BCUT2D eigenvalue weighted by Gasteiger charge is 2.08. The lowest BCUT2D eigenvalue weighted by molar-refractivity contribution is 0.406. The molecule has 0 spiro atoms. The molecule has 2 N–H and O–H groups in total. The van der Waals surface area contributed by atoms with Gasteiger partial charge in [-0.15, -0.1) is 0 Å². The third kappa shape index (κ3) is 3.85. The fourth-order valence-corrected chi connectivity index (χ4v) is 0.971. The predicted octanol–water partition coefficient (Wildman–Crippen LogP) is 0.840. The molecular formula is C8H20N2. The summed E-state index contributed by atoms with van der Waals surface area (Å²) >= 11 is 0. The molecule has 2 nitrogen and oxygen atoms in total. The zero-order valence-corrected chi connectivity index (χ0v) is 7.57. The van der Waals surface area contributed by atoms with E-state index in [-0.39, 0.29) is 0 Å². The van der Waals surface area contributed by atoms with Crippen LogP contribution in [0.5, 0.6) is 0 Å². The smallest absolute Gasteiger partial charge is 0.0212 e. The molecule has 0 aliphatic heterocycles. The quantitative estimate of drug-likeness (QED) is 0.597. The van der Waals surface area contributed by atoms with Gasteiger partial charge < -0.3 is 10.6 Å². The summed E-state index contributed by atoms with van der Waals surface area (Å²) in [6.07, 6.45) is 0. The number of likely N-dealkylation sites (N-methyl/N-ethyl adjacent to an activating group) is 2. The van der Waals surface area contributed by atoms with E-state index in [2.05, 4.69) is 31.4 Å². The Morgan fingerprint density at radius 1 is 1.30 bits per heavy atom. The van der Waals surface area contributed by atoms with Gasteiger partial charge in [0.25, 0.3) is 0 Å². The molecule has 0 aromatic heterocycles. The van der Waals surface area contributed by atoms with E-state index in [4.69, 9.17) is 0 Å². The van der Waals surface area contributed by atoms with Crippen LogP contribution in [0, 0.1) is 5.92 Å². The second-order valence-corrected chi connectivity index (χ2v) is 2.95. The molecule has 62 valence electrons. The van der Waals surface area contributed by atoms with Crippen molar-refractivity contribution in [2.45, 2.75) is 26.8 Å². The van der Waals surface area contributed by atoms with Crippen LogP contribution in [0.25, 0.3) is 0 Å². The maximum absolute atomic E-state index is 3.32. The largest absolute Gasteiger partial charge is 0.315 e. The van der Waals surface area contributed by atoms with Crippen molar-refractivity contribution in [1.29, 1.82) is 0 Å². The third-order valence-corrected chi connectivity index (χ3v) is 1.79. The number of nitrogens with one attached hydrogen (secondary N) is 2. The molecule has 0 aliphatic carbocycles. The Balaban J connectivity index is 3.40. The molecule has 0 aromatic carbocycles. The van der Waals surface area contributed by atoms with E-state index < -0.39 is 0 Å². The standard InChI is InChI=1S/C8H20N2/c1-5-10-6-8(9-4)7(2)3/h7-10H,5-6H2,1-4H3. The molecule has 0 amide bonds. The van der Waals surface area contributed by atoms with Gasteiger partial charge in [-0.05, 0) is 19.5 Å². The van der Waals surface area contributed by atoms with Crippen LogP contribution in [-0.4, -0.2) is 26.2 Å². The Morgan fingerprint density at radius 2 is 1.90 bits per heavy atom. The summed E-state index contributed by atoms with van der Waals surface area (Å²) in [5.74, 6) is 0.712. The first-order chi connectivity index (χ1) is 4.72. The molecule has 1 unspecified atom stereocenters. The Morgan fingerprint density at radius 3 is 2.20 bits per heavy atom. The van der Waals surface area contributed by atoms with Gasteiger partial charge in [-0.3, -0.25) is 0 Å². The second kappa shape index (κ2) is 5.69. The molecule has 0 rings (SSSR count). The molecule has 0 bridgehead atoms. The van der Waals surface area contributed by atoms with E-state index in [1.54, 1.807) is 0 Å². The second-order valence-electron chi connectivity index (χ2n) is 2.95. The summed E-state index contributed by atoms with van der Waals surface area (Å²) in [6.45, 7) is 8.74. The number of rotatable bonds is 5. The van der Waals surface area contributed by atoms with Crippen molar-refractivity contribution in [2.24, 2.45) is 5.92 Å². The van der Waals surface area contributed by atoms with Crippen molar-refractivity contribution in [2.75, 3.05) is 20.1 Å². The maximum atomic E-state index is 3.32. The maximum Gasteiger partial charge on any atom is 0.0212 e. The molecule has 0 aliphatic rings. The summed E-state index contributed by atoms with van der Waals surface area (Å²) in [5.41, 5.74) is 0. The van der Waals surface area contributed by atoms with Crippen molar-refractivity contribution in [3.8, 4) is 0 Å². The van der Waals surface area contributed by atoms with Crippen LogP contribution in [0.4, 0.5) is 0 Å². The Kier molecular flexibility index (Phi) is 5.64. The van der Waals surface area contributed by atoms with E-state index >= 15 is 0 Å². The minimum atomic E-state index is 0.611. The molecule has 2 heteroatoms. The number of hydrogen-bond donors (Lipinski definition) is 2. The van der Waals surface area contributed by atoms with Gasteiger partial charge in [0, 0.05) is 12.6 Å². The van der Waals surface area contributed by atoms with Crippen molar-refractivity contribution >= 4 is 0 Å². The molecule has 1 atom stereocenters. The van der Waals surface area contributed by atoms with Crippen LogP contribution in [0.15, 0.2) is 0 Å². The van der Waals surface area contributed by atoms with Crippen LogP contribution in [-0.2, 0) is 0 Å². The molecule has 0 radical (unpaired) electrons.